The lowest BCUT2D eigenvalue weighted by Gasteiger charge is -2.36. The van der Waals surface area contributed by atoms with E-state index in [1.165, 1.54) is 0 Å². The Morgan fingerprint density at radius 3 is 2.84 bits per heavy atom. The zero-order chi connectivity index (χ0) is 13.8. The highest BCUT2D eigenvalue weighted by atomic mass is 16.9. The molecule has 108 valence electrons. The maximum absolute atomic E-state index is 11.8. The molecule has 3 aliphatic rings. The van der Waals surface area contributed by atoms with Gasteiger partial charge in [-0.3, -0.25) is 10.0 Å². The van der Waals surface area contributed by atoms with Crippen molar-refractivity contribution >= 4 is 5.97 Å². The molecular weight excluding hydrogens is 246 g/mol. The average molecular weight is 268 g/mol. The molecular formula is C14H22NO4-. The quantitative estimate of drug-likeness (QED) is 0.577. The van der Waals surface area contributed by atoms with Crippen LogP contribution in [-0.4, -0.2) is 29.9 Å². The first kappa shape index (κ1) is 13.3. The van der Waals surface area contributed by atoms with Gasteiger partial charge in [0.25, 0.3) is 0 Å². The summed E-state index contributed by atoms with van der Waals surface area (Å²) in [7, 11) is 0. The van der Waals surface area contributed by atoms with Crippen molar-refractivity contribution in [2.75, 3.05) is 6.54 Å². The van der Waals surface area contributed by atoms with Crippen molar-refractivity contribution in [3.05, 3.63) is 5.21 Å². The standard InChI is InChI=1S/C14H22NO4/c1-14(2,3)4-5-15(17)19-11-8-6-9-10(7-8)13(16)18-12(9)11/h8-12H,4-7H2,1-3H3/q-1. The number of fused-ring (bicyclic) bond motifs is 1. The molecule has 5 heteroatoms. The molecule has 1 saturated heterocycles. The van der Waals surface area contributed by atoms with Gasteiger partial charge in [-0.15, -0.1) is 0 Å². The van der Waals surface area contributed by atoms with Gasteiger partial charge in [0.05, 0.1) is 5.92 Å². The second-order valence-corrected chi connectivity index (χ2v) is 7.34. The van der Waals surface area contributed by atoms with Crippen molar-refractivity contribution in [3.8, 4) is 0 Å². The van der Waals surface area contributed by atoms with Crippen LogP contribution < -0.4 is 0 Å². The molecule has 5 unspecified atom stereocenters. The van der Waals surface area contributed by atoms with Crippen molar-refractivity contribution in [1.82, 2.24) is 5.23 Å². The van der Waals surface area contributed by atoms with Crippen molar-refractivity contribution in [2.45, 2.75) is 52.2 Å². The van der Waals surface area contributed by atoms with Gasteiger partial charge in [0.1, 0.15) is 12.2 Å². The van der Waals surface area contributed by atoms with E-state index in [0.29, 0.717) is 23.6 Å². The maximum Gasteiger partial charge on any atom is 0.309 e. The molecule has 0 aromatic carbocycles. The van der Waals surface area contributed by atoms with E-state index in [2.05, 4.69) is 20.8 Å². The van der Waals surface area contributed by atoms with Gasteiger partial charge in [0, 0.05) is 12.5 Å². The van der Waals surface area contributed by atoms with E-state index < -0.39 is 0 Å². The second-order valence-electron chi connectivity index (χ2n) is 7.34. The molecule has 2 aliphatic carbocycles. The van der Waals surface area contributed by atoms with Gasteiger partial charge < -0.3 is 14.8 Å². The molecule has 5 atom stereocenters. The predicted octanol–water partition coefficient (Wildman–Crippen LogP) is 2.10. The van der Waals surface area contributed by atoms with Crippen LogP contribution in [-0.2, 0) is 14.4 Å². The summed E-state index contributed by atoms with van der Waals surface area (Å²) in [6, 6.07) is 0. The molecule has 19 heavy (non-hydrogen) atoms. The molecule has 0 radical (unpaired) electrons. The Bertz CT molecular complexity index is 378. The van der Waals surface area contributed by atoms with Crippen LogP contribution in [0.3, 0.4) is 0 Å². The molecule has 0 aromatic heterocycles. The first-order chi connectivity index (χ1) is 8.85. The van der Waals surface area contributed by atoms with E-state index in [0.717, 1.165) is 19.3 Å². The molecule has 5 nitrogen and oxygen atoms in total. The molecule has 0 N–H and O–H groups in total. The topological polar surface area (TPSA) is 61.8 Å². The minimum atomic E-state index is -0.217. The van der Waals surface area contributed by atoms with E-state index in [9.17, 15) is 10.0 Å². The molecule has 0 spiro atoms. The van der Waals surface area contributed by atoms with Crippen LogP contribution in [0.25, 0.3) is 0 Å². The van der Waals surface area contributed by atoms with E-state index in [1.807, 2.05) is 0 Å². The van der Waals surface area contributed by atoms with E-state index in [4.69, 9.17) is 9.57 Å². The zero-order valence-corrected chi connectivity index (χ0v) is 11.8. The third-order valence-electron chi connectivity index (χ3n) is 4.70. The predicted molar refractivity (Wildman–Crippen MR) is 68.6 cm³/mol. The summed E-state index contributed by atoms with van der Waals surface area (Å²) in [6.45, 7) is 6.66. The SMILES string of the molecule is CC(C)(C)CCN([O-])OC1C2CC3C(=O)OC1C3C2. The third-order valence-corrected chi connectivity index (χ3v) is 4.70. The van der Waals surface area contributed by atoms with Gasteiger partial charge >= 0.3 is 5.97 Å². The number of nitrogens with zero attached hydrogens (tertiary/aromatic N) is 1. The van der Waals surface area contributed by atoms with Gasteiger partial charge in [-0.1, -0.05) is 20.8 Å². The van der Waals surface area contributed by atoms with Gasteiger partial charge in [0.2, 0.25) is 0 Å². The first-order valence-corrected chi connectivity index (χ1v) is 7.17. The van der Waals surface area contributed by atoms with Crippen LogP contribution >= 0.6 is 0 Å². The van der Waals surface area contributed by atoms with Crippen LogP contribution in [0.2, 0.25) is 0 Å². The van der Waals surface area contributed by atoms with Crippen LogP contribution in [0.4, 0.5) is 0 Å². The molecule has 1 aliphatic heterocycles. The number of carbonyl (C=O) groups is 1. The molecule has 3 rings (SSSR count). The number of hydrogen-bond acceptors (Lipinski definition) is 5. The van der Waals surface area contributed by atoms with Crippen molar-refractivity contribution in [3.63, 3.8) is 0 Å². The van der Waals surface area contributed by atoms with Crippen LogP contribution in [0.15, 0.2) is 0 Å². The maximum atomic E-state index is 11.8. The Hall–Kier alpha value is -0.650. The van der Waals surface area contributed by atoms with E-state index in [1.54, 1.807) is 0 Å². The summed E-state index contributed by atoms with van der Waals surface area (Å²) in [5, 5.41) is 12.5. The monoisotopic (exact) mass is 268 g/mol. The summed E-state index contributed by atoms with van der Waals surface area (Å²) in [5.41, 5.74) is 0.117. The fraction of sp³-hybridized carbons (Fsp3) is 0.929. The lowest BCUT2D eigenvalue weighted by atomic mass is 9.88. The van der Waals surface area contributed by atoms with Gasteiger partial charge in [-0.2, -0.15) is 0 Å². The lowest BCUT2D eigenvalue weighted by Crippen LogP contribution is -2.39. The van der Waals surface area contributed by atoms with E-state index in [-0.39, 0.29) is 29.5 Å². The molecule has 3 fully saturated rings. The number of esters is 1. The molecule has 2 bridgehead atoms. The summed E-state index contributed by atoms with van der Waals surface area (Å²) in [6.07, 6.45) is 2.19. The van der Waals surface area contributed by atoms with Crippen molar-refractivity contribution in [1.29, 1.82) is 0 Å². The number of ether oxygens (including phenoxy) is 1. The smallest absolute Gasteiger partial charge is 0.309 e. The minimum absolute atomic E-state index is 0.0736. The van der Waals surface area contributed by atoms with Crippen LogP contribution in [0.1, 0.15) is 40.0 Å². The summed E-state index contributed by atoms with van der Waals surface area (Å²) < 4.78 is 5.37. The van der Waals surface area contributed by atoms with Gasteiger partial charge in [-0.05, 0) is 30.6 Å². The highest BCUT2D eigenvalue weighted by molar-refractivity contribution is 5.76. The Morgan fingerprint density at radius 1 is 1.42 bits per heavy atom. The normalized spacial score (nSPS) is 40.3. The largest absolute Gasteiger partial charge is 0.762 e. The fourth-order valence-corrected chi connectivity index (χ4v) is 3.66. The van der Waals surface area contributed by atoms with Crippen LogP contribution in [0, 0.1) is 28.4 Å². The van der Waals surface area contributed by atoms with Crippen molar-refractivity contribution in [2.24, 2.45) is 23.2 Å². The van der Waals surface area contributed by atoms with Gasteiger partial charge in [0.15, 0.2) is 0 Å². The van der Waals surface area contributed by atoms with Crippen LogP contribution in [0.5, 0.6) is 0 Å². The Balaban J connectivity index is 1.55. The van der Waals surface area contributed by atoms with Gasteiger partial charge in [-0.25, -0.2) is 0 Å². The van der Waals surface area contributed by atoms with Crippen molar-refractivity contribution < 1.29 is 14.4 Å². The summed E-state index contributed by atoms with van der Waals surface area (Å²) in [4.78, 5) is 17.1. The second kappa shape index (κ2) is 4.43. The minimum Gasteiger partial charge on any atom is -0.762 e. The highest BCUT2D eigenvalue weighted by Gasteiger charge is 2.62. The Labute approximate surface area is 113 Å². The zero-order valence-electron chi connectivity index (χ0n) is 11.8. The summed E-state index contributed by atoms with van der Waals surface area (Å²) in [5.74, 6) is 0.594. The lowest BCUT2D eigenvalue weighted by molar-refractivity contribution is -0.206. The third kappa shape index (κ3) is 2.39. The first-order valence-electron chi connectivity index (χ1n) is 7.17. The fourth-order valence-electron chi connectivity index (χ4n) is 3.66. The number of hydroxylamine groups is 2. The number of rotatable bonds is 4. The molecule has 1 heterocycles. The molecule has 2 saturated carbocycles. The van der Waals surface area contributed by atoms with E-state index >= 15 is 0 Å². The molecule has 0 aromatic rings. The average Bonchev–Trinajstić information content (AvgIpc) is 2.90. The Morgan fingerprint density at radius 2 is 2.16 bits per heavy atom. The Kier molecular flexibility index (Phi) is 3.11. The number of carbonyl (C=O) groups excluding carboxylic acids is 1. The summed E-state index contributed by atoms with van der Waals surface area (Å²) >= 11 is 0. The number of hydrogen-bond donors (Lipinski definition) is 0. The molecule has 0 amide bonds. The highest BCUT2D eigenvalue weighted by Crippen LogP contribution is 2.55.